The van der Waals surface area contributed by atoms with Gasteiger partial charge < -0.3 is 14.2 Å². The highest BCUT2D eigenvalue weighted by Gasteiger charge is 2.42. The minimum absolute atomic E-state index is 0.0926. The third kappa shape index (κ3) is 1.59. The van der Waals surface area contributed by atoms with Crippen molar-refractivity contribution in [2.75, 3.05) is 0 Å². The summed E-state index contributed by atoms with van der Waals surface area (Å²) in [5, 5.41) is 2.77. The van der Waals surface area contributed by atoms with Crippen molar-refractivity contribution in [2.24, 2.45) is 0 Å². The van der Waals surface area contributed by atoms with Crippen LogP contribution in [0.1, 0.15) is 29.1 Å². The second-order valence-electron chi connectivity index (χ2n) is 5.52. The SMILES string of the molecule is Cc1ccoc1C1=C2C(=O)NC(c3occc3C)=C2C(=O)C1. The van der Waals surface area contributed by atoms with Crippen molar-refractivity contribution < 1.29 is 18.4 Å². The van der Waals surface area contributed by atoms with Crippen LogP contribution in [0.5, 0.6) is 0 Å². The molecule has 0 fully saturated rings. The summed E-state index contributed by atoms with van der Waals surface area (Å²) in [6, 6.07) is 3.62. The normalized spacial score (nSPS) is 17.5. The van der Waals surface area contributed by atoms with E-state index < -0.39 is 0 Å². The first-order valence-electron chi connectivity index (χ1n) is 6.99. The van der Waals surface area contributed by atoms with Crippen molar-refractivity contribution in [2.45, 2.75) is 20.3 Å². The standard InChI is InChI=1S/C17H13NO4/c1-8-3-5-21-15(8)10-7-11(19)13-12(10)17(20)18-14(13)16-9(2)4-6-22-16/h3-6H,7H2,1-2H3,(H,18,20). The van der Waals surface area contributed by atoms with Crippen LogP contribution in [0.15, 0.2) is 44.6 Å². The van der Waals surface area contributed by atoms with E-state index in [9.17, 15) is 9.59 Å². The van der Waals surface area contributed by atoms with Gasteiger partial charge in [0.1, 0.15) is 5.76 Å². The molecule has 0 radical (unpaired) electrons. The number of hydrogen-bond acceptors (Lipinski definition) is 4. The van der Waals surface area contributed by atoms with E-state index in [1.165, 1.54) is 0 Å². The Kier molecular flexibility index (Phi) is 2.54. The highest BCUT2D eigenvalue weighted by molar-refractivity contribution is 6.31. The summed E-state index contributed by atoms with van der Waals surface area (Å²) in [7, 11) is 0. The molecular weight excluding hydrogens is 282 g/mol. The van der Waals surface area contributed by atoms with Crippen LogP contribution in [0.2, 0.25) is 0 Å². The van der Waals surface area contributed by atoms with E-state index in [1.54, 1.807) is 18.6 Å². The lowest BCUT2D eigenvalue weighted by atomic mass is 10.0. The molecule has 0 aromatic carbocycles. The van der Waals surface area contributed by atoms with Crippen molar-refractivity contribution in [1.29, 1.82) is 0 Å². The maximum absolute atomic E-state index is 12.5. The van der Waals surface area contributed by atoms with Crippen molar-refractivity contribution in [3.63, 3.8) is 0 Å². The zero-order valence-corrected chi connectivity index (χ0v) is 12.1. The van der Waals surface area contributed by atoms with Crippen LogP contribution in [-0.2, 0) is 9.59 Å². The molecule has 5 nitrogen and oxygen atoms in total. The first kappa shape index (κ1) is 12.9. The topological polar surface area (TPSA) is 72.5 Å². The highest BCUT2D eigenvalue weighted by Crippen LogP contribution is 2.43. The number of carbonyl (C=O) groups is 2. The van der Waals surface area contributed by atoms with E-state index in [2.05, 4.69) is 5.32 Å². The number of nitrogens with one attached hydrogen (secondary N) is 1. The Balaban J connectivity index is 1.96. The quantitative estimate of drug-likeness (QED) is 0.924. The number of hydrogen-bond donors (Lipinski definition) is 1. The molecule has 0 saturated carbocycles. The fraction of sp³-hybridized carbons (Fsp3) is 0.176. The lowest BCUT2D eigenvalue weighted by molar-refractivity contribution is -0.116. The number of aryl methyl sites for hydroxylation is 2. The molecule has 1 aliphatic carbocycles. The molecule has 1 aliphatic heterocycles. The van der Waals surface area contributed by atoms with Gasteiger partial charge in [0.25, 0.3) is 5.91 Å². The number of ketones is 1. The third-order valence-corrected chi connectivity index (χ3v) is 4.11. The maximum atomic E-state index is 12.5. The summed E-state index contributed by atoms with van der Waals surface area (Å²) in [4.78, 5) is 24.8. The van der Waals surface area contributed by atoms with Crippen LogP contribution in [0, 0.1) is 13.8 Å². The fourth-order valence-corrected chi connectivity index (χ4v) is 3.06. The summed E-state index contributed by atoms with van der Waals surface area (Å²) in [6.45, 7) is 3.76. The largest absolute Gasteiger partial charge is 0.464 e. The number of fused-ring (bicyclic) bond motifs is 1. The van der Waals surface area contributed by atoms with Gasteiger partial charge in [0.05, 0.1) is 29.4 Å². The van der Waals surface area contributed by atoms with Gasteiger partial charge in [-0.3, -0.25) is 9.59 Å². The summed E-state index contributed by atoms with van der Waals surface area (Å²) >= 11 is 0. The summed E-state index contributed by atoms with van der Waals surface area (Å²) in [6.07, 6.45) is 3.29. The first-order valence-corrected chi connectivity index (χ1v) is 6.99. The predicted octanol–water partition coefficient (Wildman–Crippen LogP) is 2.76. The average Bonchev–Trinajstić information content (AvgIpc) is 3.19. The van der Waals surface area contributed by atoms with Crippen LogP contribution < -0.4 is 5.32 Å². The Morgan fingerprint density at radius 1 is 0.955 bits per heavy atom. The second-order valence-corrected chi connectivity index (χ2v) is 5.52. The number of furan rings is 2. The third-order valence-electron chi connectivity index (χ3n) is 4.11. The van der Waals surface area contributed by atoms with Gasteiger partial charge >= 0.3 is 0 Å². The Bertz CT molecular complexity index is 817. The number of amides is 1. The number of Topliss-reactive ketones (excluding diaryl/α,β-unsaturated/α-hetero) is 1. The lowest BCUT2D eigenvalue weighted by Gasteiger charge is -2.03. The van der Waals surface area contributed by atoms with E-state index >= 15 is 0 Å². The summed E-state index contributed by atoms with van der Waals surface area (Å²) in [5.74, 6) is 0.762. The molecule has 0 bridgehead atoms. The molecule has 3 heterocycles. The minimum atomic E-state index is -0.280. The molecular formula is C17H13NO4. The number of carbonyl (C=O) groups excluding carboxylic acids is 2. The molecule has 4 rings (SSSR count). The van der Waals surface area contributed by atoms with Gasteiger partial charge in [0.15, 0.2) is 11.5 Å². The molecule has 1 N–H and O–H groups in total. The molecule has 110 valence electrons. The van der Waals surface area contributed by atoms with Gasteiger partial charge in [0, 0.05) is 12.0 Å². The predicted molar refractivity (Wildman–Crippen MR) is 78.5 cm³/mol. The van der Waals surface area contributed by atoms with Gasteiger partial charge in [-0.25, -0.2) is 0 Å². The molecule has 1 amide bonds. The second kappa shape index (κ2) is 4.34. The highest BCUT2D eigenvalue weighted by atomic mass is 16.3. The van der Waals surface area contributed by atoms with E-state index in [1.807, 2.05) is 19.9 Å². The zero-order valence-electron chi connectivity index (χ0n) is 12.1. The molecule has 2 aliphatic rings. The molecule has 2 aromatic heterocycles. The Hall–Kier alpha value is -2.82. The van der Waals surface area contributed by atoms with Gasteiger partial charge in [-0.1, -0.05) is 0 Å². The monoisotopic (exact) mass is 295 g/mol. The van der Waals surface area contributed by atoms with Crippen molar-refractivity contribution >= 4 is 23.0 Å². The first-order chi connectivity index (χ1) is 10.6. The zero-order chi connectivity index (χ0) is 15.4. The molecule has 22 heavy (non-hydrogen) atoms. The van der Waals surface area contributed by atoms with Crippen LogP contribution in [-0.4, -0.2) is 11.7 Å². The summed E-state index contributed by atoms with van der Waals surface area (Å²) < 4.78 is 10.9. The van der Waals surface area contributed by atoms with E-state index in [4.69, 9.17) is 8.83 Å². The van der Waals surface area contributed by atoms with Gasteiger partial charge in [-0.2, -0.15) is 0 Å². The molecule has 0 spiro atoms. The molecule has 0 saturated heterocycles. The molecule has 2 aromatic rings. The minimum Gasteiger partial charge on any atom is -0.464 e. The summed E-state index contributed by atoms with van der Waals surface area (Å²) in [5.41, 5.74) is 3.72. The molecule has 0 atom stereocenters. The van der Waals surface area contributed by atoms with E-state index in [0.717, 1.165) is 11.1 Å². The van der Waals surface area contributed by atoms with Crippen molar-refractivity contribution in [1.82, 2.24) is 5.32 Å². The number of rotatable bonds is 2. The van der Waals surface area contributed by atoms with Gasteiger partial charge in [-0.05, 0) is 37.1 Å². The maximum Gasteiger partial charge on any atom is 0.257 e. The molecule has 0 unspecified atom stereocenters. The van der Waals surface area contributed by atoms with Crippen LogP contribution in [0.4, 0.5) is 0 Å². The average molecular weight is 295 g/mol. The Morgan fingerprint density at radius 3 is 2.18 bits per heavy atom. The van der Waals surface area contributed by atoms with Gasteiger partial charge in [0.2, 0.25) is 0 Å². The van der Waals surface area contributed by atoms with Crippen molar-refractivity contribution in [3.8, 4) is 0 Å². The fourth-order valence-electron chi connectivity index (χ4n) is 3.06. The lowest BCUT2D eigenvalue weighted by Crippen LogP contribution is -2.16. The van der Waals surface area contributed by atoms with Crippen LogP contribution in [0.3, 0.4) is 0 Å². The van der Waals surface area contributed by atoms with Gasteiger partial charge in [-0.15, -0.1) is 0 Å². The van der Waals surface area contributed by atoms with Crippen LogP contribution in [0.25, 0.3) is 11.3 Å². The number of allylic oxidation sites excluding steroid dienone is 1. The smallest absolute Gasteiger partial charge is 0.257 e. The van der Waals surface area contributed by atoms with Crippen molar-refractivity contribution in [3.05, 3.63) is 58.5 Å². The van der Waals surface area contributed by atoms with E-state index in [-0.39, 0.29) is 18.1 Å². The van der Waals surface area contributed by atoms with E-state index in [0.29, 0.717) is 33.9 Å². The molecule has 5 heteroatoms. The Morgan fingerprint density at radius 2 is 1.59 bits per heavy atom. The Labute approximate surface area is 126 Å². The van der Waals surface area contributed by atoms with Crippen LogP contribution >= 0.6 is 0 Å².